The van der Waals surface area contributed by atoms with E-state index in [1.807, 2.05) is 18.3 Å². The number of nitrogens with zero attached hydrogens (tertiary/aromatic N) is 5. The maximum absolute atomic E-state index is 13.6. The summed E-state index contributed by atoms with van der Waals surface area (Å²) in [6.45, 7) is 3.86. The van der Waals surface area contributed by atoms with E-state index in [4.69, 9.17) is 4.98 Å². The lowest BCUT2D eigenvalue weighted by molar-refractivity contribution is 0.0984. The van der Waals surface area contributed by atoms with Crippen molar-refractivity contribution >= 4 is 17.4 Å². The molecular formula is C35H32FN5O. The Morgan fingerprint density at radius 2 is 1.43 bits per heavy atom. The Kier molecular flexibility index (Phi) is 8.28. The van der Waals surface area contributed by atoms with Gasteiger partial charge in [0.25, 0.3) is 5.91 Å². The van der Waals surface area contributed by atoms with Crippen LogP contribution < -0.4 is 9.80 Å². The molecule has 0 radical (unpaired) electrons. The average Bonchev–Trinajstić information content (AvgIpc) is 3.06. The molecule has 1 saturated heterocycles. The highest BCUT2D eigenvalue weighted by molar-refractivity contribution is 6.05. The molecule has 6 nitrogen and oxygen atoms in total. The topological polar surface area (TPSA) is 52.6 Å². The second-order valence-corrected chi connectivity index (χ2v) is 10.4. The van der Waals surface area contributed by atoms with Crippen LogP contribution in [0.4, 0.5) is 15.9 Å². The second-order valence-electron chi connectivity index (χ2n) is 10.4. The number of carbonyl (C=O) groups is 1. The number of anilines is 2. The number of aromatic nitrogens is 2. The summed E-state index contributed by atoms with van der Waals surface area (Å²) in [7, 11) is 0. The zero-order chi connectivity index (χ0) is 28.7. The van der Waals surface area contributed by atoms with E-state index in [9.17, 15) is 9.18 Å². The maximum Gasteiger partial charge on any atom is 0.260 e. The Balaban J connectivity index is 1.15. The molecule has 0 atom stereocenters. The first kappa shape index (κ1) is 27.3. The van der Waals surface area contributed by atoms with Crippen LogP contribution in [0.15, 0.2) is 128 Å². The Bertz CT molecular complexity index is 1530. The maximum atomic E-state index is 13.6. The molecule has 0 spiro atoms. The third-order valence-electron chi connectivity index (χ3n) is 7.68. The predicted octanol–water partition coefficient (Wildman–Crippen LogP) is 6.37. The molecule has 42 heavy (non-hydrogen) atoms. The van der Waals surface area contributed by atoms with E-state index in [1.54, 1.807) is 41.6 Å². The van der Waals surface area contributed by atoms with Gasteiger partial charge in [-0.15, -0.1) is 0 Å². The molecule has 2 aromatic heterocycles. The fourth-order valence-corrected chi connectivity index (χ4v) is 5.52. The van der Waals surface area contributed by atoms with Gasteiger partial charge in [0.05, 0.1) is 18.2 Å². The van der Waals surface area contributed by atoms with Gasteiger partial charge in [-0.3, -0.25) is 14.7 Å². The van der Waals surface area contributed by atoms with Gasteiger partial charge >= 0.3 is 0 Å². The Morgan fingerprint density at radius 1 is 0.762 bits per heavy atom. The Morgan fingerprint density at radius 3 is 2.00 bits per heavy atom. The summed E-state index contributed by atoms with van der Waals surface area (Å²) in [4.78, 5) is 28.7. The molecule has 0 unspecified atom stereocenters. The molecule has 3 heterocycles. The van der Waals surface area contributed by atoms with Crippen molar-refractivity contribution in [1.29, 1.82) is 0 Å². The first-order valence-electron chi connectivity index (χ1n) is 14.2. The molecule has 3 aromatic carbocycles. The van der Waals surface area contributed by atoms with E-state index in [1.165, 1.54) is 23.3 Å². The molecule has 1 aliphatic rings. The van der Waals surface area contributed by atoms with Crippen molar-refractivity contribution in [3.05, 3.63) is 156 Å². The minimum Gasteiger partial charge on any atom is -0.354 e. The molecule has 1 amide bonds. The third-order valence-corrected chi connectivity index (χ3v) is 7.68. The number of halogens is 1. The van der Waals surface area contributed by atoms with Gasteiger partial charge in [0.15, 0.2) is 0 Å². The van der Waals surface area contributed by atoms with Crippen molar-refractivity contribution in [1.82, 2.24) is 14.9 Å². The molecule has 7 heteroatoms. The summed E-state index contributed by atoms with van der Waals surface area (Å²) in [5.41, 5.74) is 4.55. The van der Waals surface area contributed by atoms with Crippen molar-refractivity contribution < 1.29 is 9.18 Å². The van der Waals surface area contributed by atoms with E-state index in [0.717, 1.165) is 37.6 Å². The van der Waals surface area contributed by atoms with Gasteiger partial charge < -0.3 is 9.80 Å². The monoisotopic (exact) mass is 557 g/mol. The van der Waals surface area contributed by atoms with Crippen LogP contribution in [-0.4, -0.2) is 47.0 Å². The van der Waals surface area contributed by atoms with Gasteiger partial charge in [-0.05, 0) is 59.2 Å². The van der Waals surface area contributed by atoms with Crippen LogP contribution in [0.2, 0.25) is 0 Å². The van der Waals surface area contributed by atoms with Crippen molar-refractivity contribution in [3.8, 4) is 0 Å². The molecular weight excluding hydrogens is 525 g/mol. The SMILES string of the molecule is O=C(c1cccnc1)N(Cc1ccc(N2CCN(C(c3ccccc3)c3ccccc3)CC2)nc1)c1ccc(F)cc1. The molecule has 210 valence electrons. The van der Waals surface area contributed by atoms with Crippen LogP contribution in [-0.2, 0) is 6.54 Å². The van der Waals surface area contributed by atoms with E-state index in [2.05, 4.69) is 75.4 Å². The molecule has 0 bridgehead atoms. The number of benzene rings is 3. The summed E-state index contributed by atoms with van der Waals surface area (Å²) in [6, 6.07) is 35.0. The van der Waals surface area contributed by atoms with E-state index in [-0.39, 0.29) is 17.8 Å². The number of piperazine rings is 1. The summed E-state index contributed by atoms with van der Waals surface area (Å²) in [6.07, 6.45) is 5.00. The number of hydrogen-bond donors (Lipinski definition) is 0. The predicted molar refractivity (Wildman–Crippen MR) is 164 cm³/mol. The molecule has 0 aliphatic carbocycles. The van der Waals surface area contributed by atoms with Gasteiger partial charge in [0.1, 0.15) is 11.6 Å². The number of rotatable bonds is 8. The fourth-order valence-electron chi connectivity index (χ4n) is 5.52. The molecule has 1 fully saturated rings. The summed E-state index contributed by atoms with van der Waals surface area (Å²) >= 11 is 0. The number of carbonyl (C=O) groups excluding carboxylic acids is 1. The number of hydrogen-bond acceptors (Lipinski definition) is 5. The van der Waals surface area contributed by atoms with Crippen LogP contribution in [0, 0.1) is 5.82 Å². The van der Waals surface area contributed by atoms with Crippen LogP contribution in [0.5, 0.6) is 0 Å². The van der Waals surface area contributed by atoms with Crippen molar-refractivity contribution in [2.75, 3.05) is 36.0 Å². The lowest BCUT2D eigenvalue weighted by Crippen LogP contribution is -2.48. The first-order valence-corrected chi connectivity index (χ1v) is 14.2. The van der Waals surface area contributed by atoms with Crippen molar-refractivity contribution in [2.24, 2.45) is 0 Å². The number of amides is 1. The zero-order valence-corrected chi connectivity index (χ0v) is 23.3. The average molecular weight is 558 g/mol. The zero-order valence-electron chi connectivity index (χ0n) is 23.3. The van der Waals surface area contributed by atoms with Gasteiger partial charge in [0.2, 0.25) is 0 Å². The van der Waals surface area contributed by atoms with Crippen molar-refractivity contribution in [2.45, 2.75) is 12.6 Å². The van der Waals surface area contributed by atoms with E-state index in [0.29, 0.717) is 17.8 Å². The lowest BCUT2D eigenvalue weighted by Gasteiger charge is -2.40. The molecule has 0 saturated carbocycles. The highest BCUT2D eigenvalue weighted by Gasteiger charge is 2.27. The number of pyridine rings is 2. The quantitative estimate of drug-likeness (QED) is 0.222. The highest BCUT2D eigenvalue weighted by Crippen LogP contribution is 2.30. The van der Waals surface area contributed by atoms with E-state index < -0.39 is 0 Å². The summed E-state index contributed by atoms with van der Waals surface area (Å²) in [5.74, 6) is 0.361. The minimum absolute atomic E-state index is 0.207. The molecule has 6 rings (SSSR count). The van der Waals surface area contributed by atoms with Crippen LogP contribution in [0.1, 0.15) is 33.1 Å². The molecule has 1 aliphatic heterocycles. The molecule has 5 aromatic rings. The molecule has 0 N–H and O–H groups in total. The van der Waals surface area contributed by atoms with E-state index >= 15 is 0 Å². The first-order chi connectivity index (χ1) is 20.7. The van der Waals surface area contributed by atoms with Gasteiger partial charge in [-0.1, -0.05) is 66.7 Å². The normalized spacial score (nSPS) is 13.7. The smallest absolute Gasteiger partial charge is 0.260 e. The largest absolute Gasteiger partial charge is 0.354 e. The Labute approximate surface area is 245 Å². The summed E-state index contributed by atoms with van der Waals surface area (Å²) < 4.78 is 13.6. The van der Waals surface area contributed by atoms with Crippen LogP contribution in [0.25, 0.3) is 0 Å². The van der Waals surface area contributed by atoms with Crippen LogP contribution in [0.3, 0.4) is 0 Å². The minimum atomic E-state index is -0.350. The second kappa shape index (κ2) is 12.7. The van der Waals surface area contributed by atoms with Gasteiger partial charge in [-0.2, -0.15) is 0 Å². The van der Waals surface area contributed by atoms with Crippen LogP contribution >= 0.6 is 0 Å². The fraction of sp³-hybridized carbons (Fsp3) is 0.171. The standard InChI is InChI=1S/C35H32FN5O/c36-31-14-16-32(17-15-31)41(35(42)30-12-7-19-37-25-30)26-27-13-18-33(38-24-27)39-20-22-40(23-21-39)34(28-8-3-1-4-9-28)29-10-5-2-6-11-29/h1-19,24-25,34H,20-23,26H2. The Hall–Kier alpha value is -4.88. The van der Waals surface area contributed by atoms with Crippen molar-refractivity contribution in [3.63, 3.8) is 0 Å². The highest BCUT2D eigenvalue weighted by atomic mass is 19.1. The third kappa shape index (κ3) is 6.21. The summed E-state index contributed by atoms with van der Waals surface area (Å²) in [5, 5.41) is 0. The van der Waals surface area contributed by atoms with Gasteiger partial charge in [-0.25, -0.2) is 9.37 Å². The van der Waals surface area contributed by atoms with Gasteiger partial charge in [0, 0.05) is 50.5 Å². The lowest BCUT2D eigenvalue weighted by atomic mass is 9.96.